The molecule has 0 atom stereocenters. The van der Waals surface area contributed by atoms with Crippen molar-refractivity contribution in [1.29, 1.82) is 0 Å². The fourth-order valence-electron chi connectivity index (χ4n) is 0.815. The second-order valence-corrected chi connectivity index (χ2v) is 2.48. The number of hydrogen-bond donors (Lipinski definition) is 2. The number of rotatable bonds is 2. The van der Waals surface area contributed by atoms with Gasteiger partial charge in [0.05, 0.1) is 19.9 Å². The second kappa shape index (κ2) is 5.04. The van der Waals surface area contributed by atoms with Gasteiger partial charge in [0.1, 0.15) is 5.69 Å². The summed E-state index contributed by atoms with van der Waals surface area (Å²) in [5.41, 5.74) is 6.04. The molecule has 0 aliphatic carbocycles. The first kappa shape index (κ1) is 10.3. The maximum atomic E-state index is 5.50. The van der Waals surface area contributed by atoms with Crippen molar-refractivity contribution in [3.05, 3.63) is 11.9 Å². The van der Waals surface area contributed by atoms with E-state index in [-0.39, 0.29) is 5.82 Å². The van der Waals surface area contributed by atoms with E-state index in [1.54, 1.807) is 0 Å². The molecule has 0 aliphatic rings. The Morgan fingerprint density at radius 2 is 2.43 bits per heavy atom. The molecule has 5 nitrogen and oxygen atoms in total. The van der Waals surface area contributed by atoms with Gasteiger partial charge < -0.3 is 15.8 Å². The van der Waals surface area contributed by atoms with E-state index < -0.39 is 0 Å². The Balaban J connectivity index is 2.86. The van der Waals surface area contributed by atoms with Crippen LogP contribution in [0.5, 0.6) is 5.88 Å². The second-order valence-electron chi connectivity index (χ2n) is 2.48. The van der Waals surface area contributed by atoms with E-state index in [9.17, 15) is 0 Å². The number of methoxy groups -OCH3 is 1. The number of nitrogen functional groups attached to an aromatic ring is 1. The Morgan fingerprint density at radius 1 is 1.64 bits per heavy atom. The quantitative estimate of drug-likeness (QED) is 0.626. The Kier molecular flexibility index (Phi) is 3.70. The van der Waals surface area contributed by atoms with Crippen LogP contribution in [0.15, 0.2) is 6.20 Å². The van der Waals surface area contributed by atoms with Crippen LogP contribution in [0.3, 0.4) is 0 Å². The fourth-order valence-corrected chi connectivity index (χ4v) is 0.815. The van der Waals surface area contributed by atoms with Crippen LogP contribution in [0.25, 0.3) is 0 Å². The monoisotopic (exact) mass is 192 g/mol. The molecule has 0 saturated heterocycles. The van der Waals surface area contributed by atoms with Gasteiger partial charge in [-0.05, 0) is 13.0 Å². The van der Waals surface area contributed by atoms with Crippen LogP contribution >= 0.6 is 0 Å². The molecule has 0 radical (unpaired) electrons. The molecule has 0 fully saturated rings. The number of aromatic nitrogens is 2. The topological polar surface area (TPSA) is 73.1 Å². The fraction of sp³-hybridized carbons (Fsp3) is 0.333. The highest BCUT2D eigenvalue weighted by molar-refractivity contribution is 5.42. The van der Waals surface area contributed by atoms with Gasteiger partial charge in [-0.25, -0.2) is 4.98 Å². The highest BCUT2D eigenvalue weighted by Gasteiger charge is 2.01. The standard InChI is InChI=1S/C9H12N4O/c1-11-5-3-4-7-6-12-8(10)9(13-7)14-2/h6,11H,5H2,1-2H3,(H2,10,12). The van der Waals surface area contributed by atoms with Crippen molar-refractivity contribution in [3.8, 4) is 17.7 Å². The zero-order valence-corrected chi connectivity index (χ0v) is 8.16. The molecule has 0 saturated carbocycles. The van der Waals surface area contributed by atoms with E-state index in [0.29, 0.717) is 18.1 Å². The van der Waals surface area contributed by atoms with E-state index >= 15 is 0 Å². The van der Waals surface area contributed by atoms with Crippen molar-refractivity contribution < 1.29 is 4.74 Å². The summed E-state index contributed by atoms with van der Waals surface area (Å²) in [6, 6.07) is 0. The summed E-state index contributed by atoms with van der Waals surface area (Å²) in [5.74, 6) is 6.26. The summed E-state index contributed by atoms with van der Waals surface area (Å²) in [7, 11) is 3.31. The Morgan fingerprint density at radius 3 is 3.07 bits per heavy atom. The summed E-state index contributed by atoms with van der Waals surface area (Å²) < 4.78 is 4.91. The highest BCUT2D eigenvalue weighted by atomic mass is 16.5. The first-order valence-corrected chi connectivity index (χ1v) is 4.08. The minimum Gasteiger partial charge on any atom is -0.478 e. The summed E-state index contributed by atoms with van der Waals surface area (Å²) >= 11 is 0. The lowest BCUT2D eigenvalue weighted by molar-refractivity contribution is 0.398. The van der Waals surface area contributed by atoms with Gasteiger partial charge in [-0.1, -0.05) is 5.92 Å². The Bertz CT molecular complexity index is 367. The maximum absolute atomic E-state index is 5.50. The lowest BCUT2D eigenvalue weighted by atomic mass is 10.4. The van der Waals surface area contributed by atoms with Gasteiger partial charge in [-0.2, -0.15) is 4.98 Å². The van der Waals surface area contributed by atoms with E-state index in [1.807, 2.05) is 7.05 Å². The zero-order valence-electron chi connectivity index (χ0n) is 8.16. The average Bonchev–Trinajstić information content (AvgIpc) is 2.21. The van der Waals surface area contributed by atoms with E-state index in [4.69, 9.17) is 10.5 Å². The third-order valence-electron chi connectivity index (χ3n) is 1.44. The maximum Gasteiger partial charge on any atom is 0.258 e. The third-order valence-corrected chi connectivity index (χ3v) is 1.44. The van der Waals surface area contributed by atoms with Crippen molar-refractivity contribution in [3.63, 3.8) is 0 Å². The lowest BCUT2D eigenvalue weighted by Gasteiger charge is -2.00. The van der Waals surface area contributed by atoms with Gasteiger partial charge in [0.15, 0.2) is 5.82 Å². The van der Waals surface area contributed by atoms with Crippen LogP contribution < -0.4 is 15.8 Å². The van der Waals surface area contributed by atoms with Gasteiger partial charge in [-0.3, -0.25) is 0 Å². The van der Waals surface area contributed by atoms with Crippen molar-refractivity contribution in [1.82, 2.24) is 15.3 Å². The predicted octanol–water partition coefficient (Wildman–Crippen LogP) is -0.362. The minimum atomic E-state index is 0.270. The van der Waals surface area contributed by atoms with Crippen molar-refractivity contribution in [2.45, 2.75) is 0 Å². The molecule has 1 rings (SSSR count). The molecule has 0 spiro atoms. The van der Waals surface area contributed by atoms with Crippen molar-refractivity contribution in [2.24, 2.45) is 0 Å². The van der Waals surface area contributed by atoms with E-state index in [1.165, 1.54) is 13.3 Å². The summed E-state index contributed by atoms with van der Waals surface area (Å²) in [5, 5.41) is 2.90. The Labute approximate surface area is 82.7 Å². The van der Waals surface area contributed by atoms with Crippen LogP contribution in [-0.2, 0) is 0 Å². The number of nitrogens with zero attached hydrogens (tertiary/aromatic N) is 2. The van der Waals surface area contributed by atoms with Crippen molar-refractivity contribution in [2.75, 3.05) is 26.4 Å². The van der Waals surface area contributed by atoms with Crippen molar-refractivity contribution >= 4 is 5.82 Å². The number of ether oxygens (including phenoxy) is 1. The molecule has 1 heterocycles. The number of nitrogens with two attached hydrogens (primary N) is 1. The zero-order chi connectivity index (χ0) is 10.4. The van der Waals surface area contributed by atoms with Gasteiger partial charge in [0.2, 0.25) is 0 Å². The van der Waals surface area contributed by atoms with Crippen LogP contribution in [0.4, 0.5) is 5.82 Å². The number of nitrogens with one attached hydrogen (secondary N) is 1. The molecular weight excluding hydrogens is 180 g/mol. The normalized spacial score (nSPS) is 9.00. The number of anilines is 1. The molecule has 1 aromatic rings. The molecule has 5 heteroatoms. The molecule has 0 aromatic carbocycles. The molecule has 0 amide bonds. The molecule has 0 unspecified atom stereocenters. The summed E-state index contributed by atoms with van der Waals surface area (Å²) in [4.78, 5) is 7.95. The van der Waals surface area contributed by atoms with Gasteiger partial charge >= 0.3 is 0 Å². The molecule has 0 aliphatic heterocycles. The first-order valence-electron chi connectivity index (χ1n) is 4.08. The molecule has 3 N–H and O–H groups in total. The van der Waals surface area contributed by atoms with Gasteiger partial charge in [0.25, 0.3) is 5.88 Å². The molecule has 74 valence electrons. The van der Waals surface area contributed by atoms with E-state index in [2.05, 4.69) is 27.1 Å². The Hall–Kier alpha value is -1.80. The average molecular weight is 192 g/mol. The molecule has 1 aromatic heterocycles. The van der Waals surface area contributed by atoms with Crippen LogP contribution in [0, 0.1) is 11.8 Å². The van der Waals surface area contributed by atoms with Crippen LogP contribution in [-0.4, -0.2) is 30.7 Å². The predicted molar refractivity (Wildman–Crippen MR) is 53.8 cm³/mol. The summed E-state index contributed by atoms with van der Waals surface area (Å²) in [6.07, 6.45) is 1.51. The van der Waals surface area contributed by atoms with Crippen LogP contribution in [0.1, 0.15) is 5.69 Å². The molecule has 0 bridgehead atoms. The highest BCUT2D eigenvalue weighted by Crippen LogP contribution is 2.13. The SMILES string of the molecule is CNCC#Cc1cnc(N)c(OC)n1. The first-order chi connectivity index (χ1) is 6.77. The van der Waals surface area contributed by atoms with Crippen LogP contribution in [0.2, 0.25) is 0 Å². The summed E-state index contributed by atoms with van der Waals surface area (Å²) in [6.45, 7) is 0.606. The molecule has 14 heavy (non-hydrogen) atoms. The third kappa shape index (κ3) is 2.61. The van der Waals surface area contributed by atoms with Gasteiger partial charge in [0, 0.05) is 0 Å². The molecular formula is C9H12N4O. The number of hydrogen-bond acceptors (Lipinski definition) is 5. The van der Waals surface area contributed by atoms with E-state index in [0.717, 1.165) is 0 Å². The minimum absolute atomic E-state index is 0.270. The largest absolute Gasteiger partial charge is 0.478 e. The smallest absolute Gasteiger partial charge is 0.258 e. The van der Waals surface area contributed by atoms with Gasteiger partial charge in [-0.15, -0.1) is 0 Å². The lowest BCUT2D eigenvalue weighted by Crippen LogP contribution is -2.04.